The lowest BCUT2D eigenvalue weighted by atomic mass is 9.83. The molecule has 0 amide bonds. The van der Waals surface area contributed by atoms with E-state index in [-0.39, 0.29) is 6.04 Å². The molecular weight excluding hydrogens is 248 g/mol. The Kier molecular flexibility index (Phi) is 2.79. The molecule has 1 aromatic carbocycles. The van der Waals surface area contributed by atoms with Crippen molar-refractivity contribution in [3.05, 3.63) is 42.1 Å². The maximum atomic E-state index is 11.2. The van der Waals surface area contributed by atoms with Gasteiger partial charge in [0.15, 0.2) is 0 Å². The molecule has 1 N–H and O–H groups in total. The van der Waals surface area contributed by atoms with Crippen molar-refractivity contribution in [1.82, 2.24) is 9.88 Å². The van der Waals surface area contributed by atoms with Crippen LogP contribution in [-0.2, 0) is 5.60 Å². The Morgan fingerprint density at radius 2 is 2.10 bits per heavy atom. The van der Waals surface area contributed by atoms with E-state index >= 15 is 0 Å². The molecule has 2 saturated heterocycles. The van der Waals surface area contributed by atoms with Gasteiger partial charge >= 0.3 is 0 Å². The highest BCUT2D eigenvalue weighted by Crippen LogP contribution is 2.42. The van der Waals surface area contributed by atoms with Gasteiger partial charge in [-0.15, -0.1) is 0 Å². The minimum absolute atomic E-state index is 0.277. The summed E-state index contributed by atoms with van der Waals surface area (Å²) in [5.74, 6) is 0. The second-order valence-corrected chi connectivity index (χ2v) is 6.14. The lowest BCUT2D eigenvalue weighted by Crippen LogP contribution is -2.45. The highest BCUT2D eigenvalue weighted by molar-refractivity contribution is 5.79. The molecule has 2 fully saturated rings. The van der Waals surface area contributed by atoms with Gasteiger partial charge in [0.2, 0.25) is 0 Å². The van der Waals surface area contributed by atoms with E-state index in [1.165, 1.54) is 12.8 Å². The summed E-state index contributed by atoms with van der Waals surface area (Å²) in [6, 6.07) is 10.5. The van der Waals surface area contributed by atoms with Crippen molar-refractivity contribution in [3.63, 3.8) is 0 Å². The van der Waals surface area contributed by atoms with Gasteiger partial charge in [-0.3, -0.25) is 9.88 Å². The average Bonchev–Trinajstić information content (AvgIpc) is 2.86. The maximum absolute atomic E-state index is 11.2. The molecule has 2 atom stereocenters. The molecule has 3 heteroatoms. The summed E-state index contributed by atoms with van der Waals surface area (Å²) in [5, 5.41) is 12.4. The summed E-state index contributed by atoms with van der Waals surface area (Å²) >= 11 is 0. The van der Waals surface area contributed by atoms with Crippen molar-refractivity contribution in [3.8, 4) is 0 Å². The number of piperidine rings is 1. The van der Waals surface area contributed by atoms with E-state index in [1.807, 2.05) is 24.4 Å². The van der Waals surface area contributed by atoms with Gasteiger partial charge in [-0.05, 0) is 37.9 Å². The first-order chi connectivity index (χ1) is 9.77. The first-order valence-electron chi connectivity index (χ1n) is 7.59. The molecule has 0 bridgehead atoms. The van der Waals surface area contributed by atoms with Crippen LogP contribution in [0.25, 0.3) is 10.9 Å². The van der Waals surface area contributed by atoms with Crippen molar-refractivity contribution >= 4 is 10.9 Å². The van der Waals surface area contributed by atoms with Crippen LogP contribution in [0.15, 0.2) is 36.5 Å². The topological polar surface area (TPSA) is 36.4 Å². The highest BCUT2D eigenvalue weighted by atomic mass is 16.3. The monoisotopic (exact) mass is 268 g/mol. The predicted octanol–water partition coefficient (Wildman–Crippen LogP) is 2.68. The number of aliphatic hydroxyl groups is 1. The number of para-hydroxylation sites is 1. The lowest BCUT2D eigenvalue weighted by molar-refractivity contribution is -0.0139. The second kappa shape index (κ2) is 4.54. The molecule has 0 aliphatic carbocycles. The van der Waals surface area contributed by atoms with Crippen molar-refractivity contribution in [2.45, 2.75) is 37.3 Å². The zero-order chi connectivity index (χ0) is 13.6. The van der Waals surface area contributed by atoms with Crippen LogP contribution in [0.2, 0.25) is 0 Å². The molecular formula is C17H20N2O. The molecule has 104 valence electrons. The molecule has 2 aliphatic rings. The van der Waals surface area contributed by atoms with E-state index in [1.54, 1.807) is 0 Å². The van der Waals surface area contributed by atoms with E-state index in [0.717, 1.165) is 42.4 Å². The fourth-order valence-electron chi connectivity index (χ4n) is 3.92. The summed E-state index contributed by atoms with van der Waals surface area (Å²) in [4.78, 5) is 6.99. The number of hydrogen-bond acceptors (Lipinski definition) is 3. The third kappa shape index (κ3) is 1.77. The Hall–Kier alpha value is -1.45. The highest BCUT2D eigenvalue weighted by Gasteiger charge is 2.47. The van der Waals surface area contributed by atoms with Gasteiger partial charge < -0.3 is 5.11 Å². The fourth-order valence-corrected chi connectivity index (χ4v) is 3.92. The summed E-state index contributed by atoms with van der Waals surface area (Å²) in [6.07, 6.45) is 6.30. The minimum Gasteiger partial charge on any atom is -0.383 e. The summed E-state index contributed by atoms with van der Waals surface area (Å²) in [5.41, 5.74) is 1.28. The van der Waals surface area contributed by atoms with E-state index in [9.17, 15) is 5.11 Å². The number of rotatable bonds is 1. The fraction of sp³-hybridized carbons (Fsp3) is 0.471. The number of aromatic nitrogens is 1. The van der Waals surface area contributed by atoms with Crippen LogP contribution in [0.3, 0.4) is 0 Å². The zero-order valence-electron chi connectivity index (χ0n) is 11.6. The van der Waals surface area contributed by atoms with Crippen LogP contribution < -0.4 is 0 Å². The van der Waals surface area contributed by atoms with E-state index in [2.05, 4.69) is 22.0 Å². The third-order valence-corrected chi connectivity index (χ3v) is 5.04. The first-order valence-corrected chi connectivity index (χ1v) is 7.59. The van der Waals surface area contributed by atoms with Crippen molar-refractivity contribution < 1.29 is 5.11 Å². The van der Waals surface area contributed by atoms with E-state index in [0.29, 0.717) is 0 Å². The largest absolute Gasteiger partial charge is 0.383 e. The molecule has 3 nitrogen and oxygen atoms in total. The average molecular weight is 268 g/mol. The second-order valence-electron chi connectivity index (χ2n) is 6.14. The van der Waals surface area contributed by atoms with Crippen LogP contribution >= 0.6 is 0 Å². The van der Waals surface area contributed by atoms with Crippen LogP contribution in [0, 0.1) is 0 Å². The smallest absolute Gasteiger partial charge is 0.108 e. The van der Waals surface area contributed by atoms with Crippen LogP contribution in [0.5, 0.6) is 0 Å². The summed E-state index contributed by atoms with van der Waals surface area (Å²) in [7, 11) is 0. The minimum atomic E-state index is -0.711. The standard InChI is InChI=1S/C17H20N2O/c20-17(8-10-19-9-4-3-7-16(17)19)14-11-13-5-1-2-6-15(13)18-12-14/h1-2,5-6,11-12,16,20H,3-4,7-10H2. The molecule has 2 unspecified atom stereocenters. The van der Waals surface area contributed by atoms with Gasteiger partial charge in [0.25, 0.3) is 0 Å². The number of hydrogen-bond donors (Lipinski definition) is 1. The number of benzene rings is 1. The van der Waals surface area contributed by atoms with Gasteiger partial charge in [0, 0.05) is 29.7 Å². The van der Waals surface area contributed by atoms with Crippen molar-refractivity contribution in [1.29, 1.82) is 0 Å². The van der Waals surface area contributed by atoms with Crippen molar-refractivity contribution in [2.75, 3.05) is 13.1 Å². The predicted molar refractivity (Wildman–Crippen MR) is 79.5 cm³/mol. The summed E-state index contributed by atoms with van der Waals surface area (Å²) in [6.45, 7) is 2.14. The lowest BCUT2D eigenvalue weighted by Gasteiger charge is -2.37. The normalized spacial score (nSPS) is 30.6. The molecule has 1 aromatic heterocycles. The van der Waals surface area contributed by atoms with Gasteiger partial charge in [-0.25, -0.2) is 0 Å². The van der Waals surface area contributed by atoms with Crippen molar-refractivity contribution in [2.24, 2.45) is 0 Å². The maximum Gasteiger partial charge on any atom is 0.108 e. The Morgan fingerprint density at radius 1 is 1.20 bits per heavy atom. The molecule has 0 saturated carbocycles. The van der Waals surface area contributed by atoms with Crippen LogP contribution in [0.4, 0.5) is 0 Å². The summed E-state index contributed by atoms with van der Waals surface area (Å²) < 4.78 is 0. The Morgan fingerprint density at radius 3 is 3.05 bits per heavy atom. The number of pyridine rings is 1. The molecule has 2 aliphatic heterocycles. The van der Waals surface area contributed by atoms with Gasteiger partial charge in [0.05, 0.1) is 5.52 Å². The third-order valence-electron chi connectivity index (χ3n) is 5.04. The molecule has 2 aromatic rings. The Bertz CT molecular complexity index is 642. The van der Waals surface area contributed by atoms with Gasteiger partial charge in [0.1, 0.15) is 5.60 Å². The molecule has 4 rings (SSSR count). The van der Waals surface area contributed by atoms with E-state index in [4.69, 9.17) is 0 Å². The van der Waals surface area contributed by atoms with Crippen LogP contribution in [0.1, 0.15) is 31.2 Å². The zero-order valence-corrected chi connectivity index (χ0v) is 11.6. The molecule has 0 spiro atoms. The number of nitrogens with zero attached hydrogens (tertiary/aromatic N) is 2. The molecule has 20 heavy (non-hydrogen) atoms. The Labute approximate surface area is 119 Å². The SMILES string of the molecule is OC1(c2cnc3ccccc3c2)CCN2CCCCC21. The molecule has 0 radical (unpaired) electrons. The molecule has 3 heterocycles. The van der Waals surface area contributed by atoms with Gasteiger partial charge in [-0.2, -0.15) is 0 Å². The van der Waals surface area contributed by atoms with Gasteiger partial charge in [-0.1, -0.05) is 24.6 Å². The van der Waals surface area contributed by atoms with Crippen LogP contribution in [-0.4, -0.2) is 34.1 Å². The Balaban J connectivity index is 1.77. The quantitative estimate of drug-likeness (QED) is 0.864. The first kappa shape index (κ1) is 12.3. The number of fused-ring (bicyclic) bond motifs is 2. The van der Waals surface area contributed by atoms with E-state index < -0.39 is 5.60 Å².